The lowest BCUT2D eigenvalue weighted by Crippen LogP contribution is -2.42. The van der Waals surface area contributed by atoms with Crippen molar-refractivity contribution in [2.45, 2.75) is 37.1 Å². The molecule has 1 saturated heterocycles. The summed E-state index contributed by atoms with van der Waals surface area (Å²) < 4.78 is 14.3. The number of hydrogen-bond acceptors (Lipinski definition) is 8. The molecule has 1 aliphatic carbocycles. The standard InChI is InChI=1S/C22H24FN7OS/c23-15-3-1-9-25-19(15)22(7-2-8-22)13-27-18-5-4-16(29-30-18)21-26-12-17(32-21)20(31)28-14-6-10-24-11-14/h1,3-5,9,12,14,24H,2,6-8,10-11,13H2,(H,27,30)(H,28,31)/t14-/m1/s1. The van der Waals surface area contributed by atoms with Gasteiger partial charge in [-0.1, -0.05) is 6.42 Å². The summed E-state index contributed by atoms with van der Waals surface area (Å²) >= 11 is 1.30. The molecule has 1 aliphatic heterocycles. The number of amides is 1. The van der Waals surface area contributed by atoms with Crippen LogP contribution in [0.3, 0.4) is 0 Å². The quantitative estimate of drug-likeness (QED) is 0.505. The lowest BCUT2D eigenvalue weighted by Gasteiger charge is -2.41. The van der Waals surface area contributed by atoms with Crippen LogP contribution in [-0.2, 0) is 5.41 Å². The predicted octanol–water partition coefficient (Wildman–Crippen LogP) is 2.76. The molecule has 3 aromatic rings. The molecule has 1 atom stereocenters. The molecule has 0 radical (unpaired) electrons. The summed E-state index contributed by atoms with van der Waals surface area (Å²) in [6, 6.07) is 6.89. The van der Waals surface area contributed by atoms with Crippen molar-refractivity contribution in [3.8, 4) is 10.7 Å². The lowest BCUT2D eigenvalue weighted by molar-refractivity contribution is 0.0944. The van der Waals surface area contributed by atoms with Gasteiger partial charge in [-0.15, -0.1) is 21.5 Å². The van der Waals surface area contributed by atoms with Crippen LogP contribution in [0.1, 0.15) is 41.0 Å². The molecule has 166 valence electrons. The highest BCUT2D eigenvalue weighted by molar-refractivity contribution is 7.16. The Hall–Kier alpha value is -2.98. The lowest BCUT2D eigenvalue weighted by atomic mass is 9.66. The van der Waals surface area contributed by atoms with Crippen molar-refractivity contribution in [1.82, 2.24) is 30.8 Å². The summed E-state index contributed by atoms with van der Waals surface area (Å²) in [5, 5.41) is 18.7. The van der Waals surface area contributed by atoms with Crippen LogP contribution < -0.4 is 16.0 Å². The Labute approximate surface area is 189 Å². The maximum atomic E-state index is 14.3. The van der Waals surface area contributed by atoms with Gasteiger partial charge >= 0.3 is 0 Å². The summed E-state index contributed by atoms with van der Waals surface area (Å²) in [5.74, 6) is 0.240. The smallest absolute Gasteiger partial charge is 0.263 e. The van der Waals surface area contributed by atoms with Gasteiger partial charge in [0.05, 0.1) is 11.9 Å². The number of nitrogens with zero attached hydrogens (tertiary/aromatic N) is 4. The highest BCUT2D eigenvalue weighted by Crippen LogP contribution is 2.43. The van der Waals surface area contributed by atoms with E-state index in [-0.39, 0.29) is 23.2 Å². The summed E-state index contributed by atoms with van der Waals surface area (Å²) in [6.07, 6.45) is 6.99. The van der Waals surface area contributed by atoms with Crippen molar-refractivity contribution in [2.24, 2.45) is 0 Å². The normalized spacial score (nSPS) is 19.3. The van der Waals surface area contributed by atoms with Gasteiger partial charge in [-0.2, -0.15) is 0 Å². The molecule has 1 amide bonds. The zero-order valence-corrected chi connectivity index (χ0v) is 18.3. The Morgan fingerprint density at radius 1 is 1.25 bits per heavy atom. The van der Waals surface area contributed by atoms with Gasteiger partial charge in [-0.05, 0) is 50.1 Å². The number of thiazole rings is 1. The molecule has 0 unspecified atom stereocenters. The van der Waals surface area contributed by atoms with E-state index in [9.17, 15) is 9.18 Å². The van der Waals surface area contributed by atoms with Crippen LogP contribution in [0.5, 0.6) is 0 Å². The number of carbonyl (C=O) groups excluding carboxylic acids is 1. The van der Waals surface area contributed by atoms with Crippen LogP contribution in [0, 0.1) is 5.82 Å². The van der Waals surface area contributed by atoms with Gasteiger partial charge in [-0.3, -0.25) is 9.78 Å². The first kappa shape index (κ1) is 20.9. The predicted molar refractivity (Wildman–Crippen MR) is 120 cm³/mol. The number of aromatic nitrogens is 4. The second-order valence-electron chi connectivity index (χ2n) is 8.32. The summed E-state index contributed by atoms with van der Waals surface area (Å²) in [4.78, 5) is 21.6. The first-order valence-electron chi connectivity index (χ1n) is 10.8. The number of halogens is 1. The molecule has 8 nitrogen and oxygen atoms in total. The third-order valence-corrected chi connectivity index (χ3v) is 7.21. The van der Waals surface area contributed by atoms with Gasteiger partial charge in [0.15, 0.2) is 0 Å². The monoisotopic (exact) mass is 453 g/mol. The Bertz CT molecular complexity index is 1090. The van der Waals surface area contributed by atoms with Crippen molar-refractivity contribution in [1.29, 1.82) is 0 Å². The number of carbonyl (C=O) groups is 1. The fraction of sp³-hybridized carbons (Fsp3) is 0.409. The van der Waals surface area contributed by atoms with Crippen molar-refractivity contribution in [3.05, 3.63) is 53.0 Å². The van der Waals surface area contributed by atoms with E-state index in [4.69, 9.17) is 0 Å². The SMILES string of the molecule is O=C(N[C@@H]1CCNC1)c1cnc(-c2ccc(NCC3(c4ncccc4F)CCC3)nn2)s1. The van der Waals surface area contributed by atoms with Gasteiger partial charge < -0.3 is 16.0 Å². The highest BCUT2D eigenvalue weighted by atomic mass is 32.1. The topological polar surface area (TPSA) is 105 Å². The maximum absolute atomic E-state index is 14.3. The minimum Gasteiger partial charge on any atom is -0.368 e. The van der Waals surface area contributed by atoms with Gasteiger partial charge in [0.25, 0.3) is 5.91 Å². The van der Waals surface area contributed by atoms with Crippen molar-refractivity contribution < 1.29 is 9.18 Å². The van der Waals surface area contributed by atoms with E-state index in [0.717, 1.165) is 38.8 Å². The first-order valence-corrected chi connectivity index (χ1v) is 11.6. The Kier molecular flexibility index (Phi) is 5.79. The largest absolute Gasteiger partial charge is 0.368 e. The molecular weight excluding hydrogens is 429 g/mol. The molecule has 10 heteroatoms. The number of anilines is 1. The van der Waals surface area contributed by atoms with Crippen molar-refractivity contribution >= 4 is 23.1 Å². The molecule has 0 spiro atoms. The molecule has 1 saturated carbocycles. The fourth-order valence-corrected chi connectivity index (χ4v) is 4.99. The minimum absolute atomic E-state index is 0.110. The van der Waals surface area contributed by atoms with Crippen LogP contribution >= 0.6 is 11.3 Å². The van der Waals surface area contributed by atoms with Crippen molar-refractivity contribution in [2.75, 3.05) is 25.0 Å². The number of hydrogen-bond donors (Lipinski definition) is 3. The third-order valence-electron chi connectivity index (χ3n) is 6.19. The minimum atomic E-state index is -0.307. The number of rotatable bonds is 7. The second-order valence-corrected chi connectivity index (χ2v) is 9.35. The Morgan fingerprint density at radius 2 is 2.16 bits per heavy atom. The van der Waals surface area contributed by atoms with E-state index in [0.29, 0.717) is 33.6 Å². The Balaban J connectivity index is 1.22. The van der Waals surface area contributed by atoms with Crippen LogP contribution in [0.15, 0.2) is 36.7 Å². The van der Waals surface area contributed by atoms with Crippen LogP contribution in [0.4, 0.5) is 10.2 Å². The van der Waals surface area contributed by atoms with E-state index in [1.54, 1.807) is 18.5 Å². The van der Waals surface area contributed by atoms with Gasteiger partial charge in [0, 0.05) is 30.7 Å². The third kappa shape index (κ3) is 4.20. The van der Waals surface area contributed by atoms with E-state index in [1.165, 1.54) is 17.4 Å². The maximum Gasteiger partial charge on any atom is 0.263 e. The number of nitrogens with one attached hydrogen (secondary N) is 3. The van der Waals surface area contributed by atoms with E-state index < -0.39 is 0 Å². The Morgan fingerprint density at radius 3 is 2.84 bits per heavy atom. The highest BCUT2D eigenvalue weighted by Gasteiger charge is 2.41. The molecule has 4 heterocycles. The van der Waals surface area contributed by atoms with Gasteiger partial charge in [-0.25, -0.2) is 9.37 Å². The van der Waals surface area contributed by atoms with Crippen LogP contribution in [0.2, 0.25) is 0 Å². The zero-order chi connectivity index (χ0) is 22.0. The molecule has 3 N–H and O–H groups in total. The molecule has 2 fully saturated rings. The van der Waals surface area contributed by atoms with Gasteiger partial charge in [0.2, 0.25) is 0 Å². The molecule has 5 rings (SSSR count). The van der Waals surface area contributed by atoms with E-state index >= 15 is 0 Å². The van der Waals surface area contributed by atoms with Gasteiger partial charge in [0.1, 0.15) is 27.2 Å². The molecule has 32 heavy (non-hydrogen) atoms. The molecular formula is C22H24FN7OS. The number of pyridine rings is 1. The zero-order valence-electron chi connectivity index (χ0n) is 17.5. The summed E-state index contributed by atoms with van der Waals surface area (Å²) in [6.45, 7) is 2.27. The average Bonchev–Trinajstić information content (AvgIpc) is 3.47. The molecule has 0 aromatic carbocycles. The fourth-order valence-electron chi connectivity index (χ4n) is 4.21. The van der Waals surface area contributed by atoms with Crippen LogP contribution in [-0.4, -0.2) is 51.7 Å². The molecule has 3 aromatic heterocycles. The first-order chi connectivity index (χ1) is 15.6. The van der Waals surface area contributed by atoms with Crippen LogP contribution in [0.25, 0.3) is 10.7 Å². The summed E-state index contributed by atoms with van der Waals surface area (Å²) in [7, 11) is 0. The molecule has 0 bridgehead atoms. The van der Waals surface area contributed by atoms with E-state index in [2.05, 4.69) is 36.1 Å². The molecule has 2 aliphatic rings. The van der Waals surface area contributed by atoms with Crippen molar-refractivity contribution in [3.63, 3.8) is 0 Å². The second kappa shape index (κ2) is 8.87. The average molecular weight is 454 g/mol. The van der Waals surface area contributed by atoms with E-state index in [1.807, 2.05) is 12.1 Å². The summed E-state index contributed by atoms with van der Waals surface area (Å²) in [5.41, 5.74) is 0.819.